The smallest absolute Gasteiger partial charge is 0.199 e. The average Bonchev–Trinajstić information content (AvgIpc) is 2.16. The summed E-state index contributed by atoms with van der Waals surface area (Å²) in [4.78, 5) is 0. The molecular weight excluding hydrogens is 368 g/mol. The summed E-state index contributed by atoms with van der Waals surface area (Å²) in [6, 6.07) is 0. The first-order chi connectivity index (χ1) is 7.43. The molecule has 0 radical (unpaired) electrons. The molecule has 0 saturated heterocycles. The number of alkyl halides is 8. The van der Waals surface area contributed by atoms with Crippen molar-refractivity contribution in [2.45, 2.75) is 48.6 Å². The van der Waals surface area contributed by atoms with Crippen LogP contribution in [0.25, 0.3) is 0 Å². The highest BCUT2D eigenvalue weighted by Gasteiger charge is 2.75. The molecule has 0 aliphatic heterocycles. The van der Waals surface area contributed by atoms with Crippen LogP contribution in [-0.4, -0.2) is 21.9 Å². The van der Waals surface area contributed by atoms with Crippen LogP contribution in [0.3, 0.4) is 0 Å². The van der Waals surface area contributed by atoms with Crippen LogP contribution in [-0.2, 0) is 0 Å². The van der Waals surface area contributed by atoms with E-state index in [1.54, 1.807) is 0 Å². The van der Waals surface area contributed by atoms with Crippen molar-refractivity contribution in [3.05, 3.63) is 0 Å². The fourth-order valence-corrected chi connectivity index (χ4v) is 2.41. The van der Waals surface area contributed by atoms with E-state index in [0.29, 0.717) is 0 Å². The molecule has 0 fully saturated rings. The molecule has 0 aromatic carbocycles. The van der Waals surface area contributed by atoms with Crippen LogP contribution in [0.4, 0.5) is 30.7 Å². The zero-order chi connectivity index (χ0) is 14.1. The Bertz CT molecular complexity index is 248. The van der Waals surface area contributed by atoms with Crippen molar-refractivity contribution in [1.82, 2.24) is 0 Å². The Hall–Kier alpha value is 0.240. The second kappa shape index (κ2) is 5.48. The van der Waals surface area contributed by atoms with Gasteiger partial charge in [-0.15, -0.1) is 0 Å². The van der Waals surface area contributed by atoms with Crippen molar-refractivity contribution in [1.29, 1.82) is 0 Å². The quantitative estimate of drug-likeness (QED) is 0.356. The lowest BCUT2D eigenvalue weighted by Crippen LogP contribution is -2.57. The van der Waals surface area contributed by atoms with Crippen molar-refractivity contribution in [3.63, 3.8) is 0 Å². The number of hydrogen-bond donors (Lipinski definition) is 0. The van der Waals surface area contributed by atoms with E-state index in [2.05, 4.69) is 0 Å². The van der Waals surface area contributed by atoms with Gasteiger partial charge in [0.25, 0.3) is 0 Å². The molecule has 0 rings (SSSR count). The number of rotatable bonds is 5. The molecule has 0 N–H and O–H groups in total. The number of halogens is 8. The van der Waals surface area contributed by atoms with Gasteiger partial charge in [-0.3, -0.25) is 0 Å². The van der Waals surface area contributed by atoms with Crippen LogP contribution >= 0.6 is 22.6 Å². The summed E-state index contributed by atoms with van der Waals surface area (Å²) >= 11 is 1.48. The minimum absolute atomic E-state index is 0.0998. The molecule has 2 unspecified atom stereocenters. The van der Waals surface area contributed by atoms with Gasteiger partial charge < -0.3 is 0 Å². The van der Waals surface area contributed by atoms with Crippen LogP contribution in [0, 0.1) is 5.92 Å². The summed E-state index contributed by atoms with van der Waals surface area (Å²) < 4.78 is 87.1. The van der Waals surface area contributed by atoms with Crippen LogP contribution in [0.5, 0.6) is 0 Å². The maximum absolute atomic E-state index is 13.3. The van der Waals surface area contributed by atoms with Crippen molar-refractivity contribution in [2.24, 2.45) is 5.92 Å². The fourth-order valence-electron chi connectivity index (χ4n) is 1.45. The summed E-state index contributed by atoms with van der Waals surface area (Å²) in [5.74, 6) is -13.1. The first-order valence-corrected chi connectivity index (χ1v) is 6.14. The van der Waals surface area contributed by atoms with Crippen LogP contribution in [0.15, 0.2) is 0 Å². The van der Waals surface area contributed by atoms with E-state index in [1.165, 1.54) is 36.4 Å². The lowest BCUT2D eigenvalue weighted by Gasteiger charge is -2.35. The Morgan fingerprint density at radius 2 is 1.29 bits per heavy atom. The zero-order valence-electron chi connectivity index (χ0n) is 9.09. The topological polar surface area (TPSA) is 0 Å². The van der Waals surface area contributed by atoms with Gasteiger partial charge in [0, 0.05) is 9.84 Å². The minimum Gasteiger partial charge on any atom is -0.199 e. The van der Waals surface area contributed by atoms with Gasteiger partial charge >= 0.3 is 18.0 Å². The molecule has 2 atom stereocenters. The number of hydrogen-bond acceptors (Lipinski definition) is 0. The fraction of sp³-hybridized carbons (Fsp3) is 1.00. The molecule has 0 heterocycles. The first kappa shape index (κ1) is 17.2. The SMILES string of the molecule is CCC(I)C(CC)C(F)(F)C(F)(F)C(F)(F)F. The third kappa shape index (κ3) is 3.17. The second-order valence-corrected chi connectivity index (χ2v) is 5.23. The Morgan fingerprint density at radius 1 is 0.882 bits per heavy atom. The van der Waals surface area contributed by atoms with Gasteiger partial charge in [-0.25, -0.2) is 0 Å². The molecule has 0 aliphatic carbocycles. The summed E-state index contributed by atoms with van der Waals surface area (Å²) in [5.41, 5.74) is 0. The van der Waals surface area contributed by atoms with E-state index in [4.69, 9.17) is 0 Å². The maximum atomic E-state index is 13.3. The molecule has 0 spiro atoms. The second-order valence-electron chi connectivity index (χ2n) is 3.63. The van der Waals surface area contributed by atoms with Gasteiger partial charge in [-0.05, 0) is 12.8 Å². The molecule has 17 heavy (non-hydrogen) atoms. The highest BCUT2D eigenvalue weighted by molar-refractivity contribution is 14.1. The summed E-state index contributed by atoms with van der Waals surface area (Å²) in [5, 5.41) is 0. The third-order valence-electron chi connectivity index (χ3n) is 2.51. The van der Waals surface area contributed by atoms with E-state index < -0.39 is 34.3 Å². The summed E-state index contributed by atoms with van der Waals surface area (Å²) in [6.07, 6.45) is -6.59. The molecule has 104 valence electrons. The Balaban J connectivity index is 5.36. The van der Waals surface area contributed by atoms with Crippen molar-refractivity contribution in [2.75, 3.05) is 0 Å². The van der Waals surface area contributed by atoms with Gasteiger partial charge in [0.05, 0.1) is 0 Å². The van der Waals surface area contributed by atoms with Crippen molar-refractivity contribution >= 4 is 22.6 Å². The highest BCUT2D eigenvalue weighted by Crippen LogP contribution is 2.52. The standard InChI is InChI=1S/C9H12F7I/c1-3-5(6(17)4-2)7(10,11)8(12,13)9(14,15)16/h5-6H,3-4H2,1-2H3. The van der Waals surface area contributed by atoms with E-state index in [9.17, 15) is 30.7 Å². The highest BCUT2D eigenvalue weighted by atomic mass is 127. The molecule has 0 saturated carbocycles. The van der Waals surface area contributed by atoms with Gasteiger partial charge in [-0.1, -0.05) is 36.4 Å². The average molecular weight is 380 g/mol. The van der Waals surface area contributed by atoms with Gasteiger partial charge in [0.1, 0.15) is 0 Å². The van der Waals surface area contributed by atoms with Crippen molar-refractivity contribution in [3.8, 4) is 0 Å². The van der Waals surface area contributed by atoms with E-state index in [-0.39, 0.29) is 6.42 Å². The Kier molecular flexibility index (Phi) is 5.56. The molecule has 0 bridgehead atoms. The summed E-state index contributed by atoms with van der Waals surface area (Å²) in [7, 11) is 0. The third-order valence-corrected chi connectivity index (χ3v) is 4.26. The Labute approximate surface area is 108 Å². The predicted octanol–water partition coefficient (Wildman–Crippen LogP) is 5.06. The monoisotopic (exact) mass is 380 g/mol. The van der Waals surface area contributed by atoms with Crippen LogP contribution in [0.1, 0.15) is 26.7 Å². The predicted molar refractivity (Wildman–Crippen MR) is 57.8 cm³/mol. The molecule has 8 heteroatoms. The van der Waals surface area contributed by atoms with E-state index in [0.717, 1.165) is 0 Å². The van der Waals surface area contributed by atoms with Gasteiger partial charge in [-0.2, -0.15) is 30.7 Å². The zero-order valence-corrected chi connectivity index (χ0v) is 11.3. The van der Waals surface area contributed by atoms with Crippen LogP contribution in [0.2, 0.25) is 0 Å². The Morgan fingerprint density at radius 3 is 1.53 bits per heavy atom. The molecule has 0 nitrogen and oxygen atoms in total. The summed E-state index contributed by atoms with van der Waals surface area (Å²) in [6.45, 7) is 2.63. The first-order valence-electron chi connectivity index (χ1n) is 4.89. The molecule has 0 aliphatic rings. The molecule has 0 amide bonds. The lowest BCUT2D eigenvalue weighted by atomic mass is 9.89. The van der Waals surface area contributed by atoms with Crippen molar-refractivity contribution < 1.29 is 30.7 Å². The lowest BCUT2D eigenvalue weighted by molar-refractivity contribution is -0.365. The molecular formula is C9H12F7I. The largest absolute Gasteiger partial charge is 0.459 e. The minimum atomic E-state index is -6.24. The normalized spacial score (nSPS) is 18.0. The van der Waals surface area contributed by atoms with E-state index in [1.807, 2.05) is 0 Å². The molecule has 0 aromatic heterocycles. The van der Waals surface area contributed by atoms with Gasteiger partial charge in [0.15, 0.2) is 0 Å². The van der Waals surface area contributed by atoms with E-state index >= 15 is 0 Å². The van der Waals surface area contributed by atoms with Gasteiger partial charge in [0.2, 0.25) is 0 Å². The van der Waals surface area contributed by atoms with Crippen LogP contribution < -0.4 is 0 Å². The maximum Gasteiger partial charge on any atom is 0.459 e. The molecule has 0 aromatic rings.